The fraction of sp³-hybridized carbons (Fsp3) is 0.235. The van der Waals surface area contributed by atoms with Gasteiger partial charge in [-0.05, 0) is 48.9 Å². The third-order valence-electron chi connectivity index (χ3n) is 3.71. The predicted molar refractivity (Wildman–Crippen MR) is 81.1 cm³/mol. The molecular formula is C17H16OS. The topological polar surface area (TPSA) is 17.1 Å². The summed E-state index contributed by atoms with van der Waals surface area (Å²) in [7, 11) is 0. The van der Waals surface area contributed by atoms with Crippen LogP contribution >= 0.6 is 11.3 Å². The molecule has 0 N–H and O–H groups in total. The molecule has 3 rings (SSSR count). The van der Waals surface area contributed by atoms with Gasteiger partial charge < -0.3 is 0 Å². The lowest BCUT2D eigenvalue weighted by Gasteiger charge is -2.38. The maximum atomic E-state index is 12.4. The lowest BCUT2D eigenvalue weighted by atomic mass is 9.63. The van der Waals surface area contributed by atoms with E-state index in [1.807, 2.05) is 44.2 Å². The van der Waals surface area contributed by atoms with Crippen molar-refractivity contribution < 1.29 is 4.79 Å². The summed E-state index contributed by atoms with van der Waals surface area (Å²) in [4.78, 5) is 13.6. The normalized spacial score (nSPS) is 17.5. The molecule has 1 aromatic carbocycles. The van der Waals surface area contributed by atoms with E-state index < -0.39 is 0 Å². The van der Waals surface area contributed by atoms with Crippen LogP contribution in [0.4, 0.5) is 0 Å². The highest BCUT2D eigenvalue weighted by Crippen LogP contribution is 2.53. The minimum Gasteiger partial charge on any atom is -0.293 e. The number of hydrogen-bond donors (Lipinski definition) is 0. The molecule has 0 fully saturated rings. The van der Waals surface area contributed by atoms with Crippen LogP contribution in [-0.2, 0) is 4.79 Å². The van der Waals surface area contributed by atoms with E-state index in [-0.39, 0.29) is 11.2 Å². The summed E-state index contributed by atoms with van der Waals surface area (Å²) in [5.41, 5.74) is 4.03. The average Bonchev–Trinajstić information content (AvgIpc) is 2.81. The van der Waals surface area contributed by atoms with Crippen LogP contribution in [-0.4, -0.2) is 5.78 Å². The van der Waals surface area contributed by atoms with Crippen LogP contribution in [0.3, 0.4) is 0 Å². The first-order valence-electron chi connectivity index (χ1n) is 6.42. The molecule has 96 valence electrons. The Labute approximate surface area is 117 Å². The van der Waals surface area contributed by atoms with Crippen molar-refractivity contribution in [2.45, 2.75) is 20.8 Å². The highest BCUT2D eigenvalue weighted by atomic mass is 32.1. The van der Waals surface area contributed by atoms with Gasteiger partial charge in [-0.15, -0.1) is 11.3 Å². The zero-order valence-electron chi connectivity index (χ0n) is 11.4. The molecule has 0 radical (unpaired) electrons. The van der Waals surface area contributed by atoms with E-state index in [4.69, 9.17) is 0 Å². The second-order valence-electron chi connectivity index (χ2n) is 5.56. The van der Waals surface area contributed by atoms with Crippen molar-refractivity contribution in [1.29, 1.82) is 0 Å². The van der Waals surface area contributed by atoms with Crippen LogP contribution in [0, 0.1) is 12.3 Å². The van der Waals surface area contributed by atoms with Crippen LogP contribution in [0.25, 0.3) is 11.1 Å². The largest absolute Gasteiger partial charge is 0.293 e. The van der Waals surface area contributed by atoms with Crippen molar-refractivity contribution in [3.63, 3.8) is 0 Å². The van der Waals surface area contributed by atoms with Crippen molar-refractivity contribution in [1.82, 2.24) is 0 Å². The third kappa shape index (κ3) is 1.79. The van der Waals surface area contributed by atoms with Crippen LogP contribution in [0.5, 0.6) is 0 Å². The molecule has 0 aliphatic heterocycles. The summed E-state index contributed by atoms with van der Waals surface area (Å²) >= 11 is 1.73. The van der Waals surface area contributed by atoms with Crippen LogP contribution < -0.4 is 0 Å². The van der Waals surface area contributed by atoms with E-state index in [9.17, 15) is 4.79 Å². The highest BCUT2D eigenvalue weighted by molar-refractivity contribution is 7.11. The van der Waals surface area contributed by atoms with E-state index >= 15 is 0 Å². The average molecular weight is 268 g/mol. The number of carbonyl (C=O) groups excluding carboxylic acids is 1. The maximum absolute atomic E-state index is 12.4. The number of hydrogen-bond acceptors (Lipinski definition) is 2. The molecule has 0 bridgehead atoms. The van der Waals surface area contributed by atoms with Crippen molar-refractivity contribution >= 4 is 28.3 Å². The molecule has 0 unspecified atom stereocenters. The highest BCUT2D eigenvalue weighted by Gasteiger charge is 2.47. The number of ketones is 1. The molecule has 1 aliphatic carbocycles. The maximum Gasteiger partial charge on any atom is 0.173 e. The zero-order chi connectivity index (χ0) is 13.6. The smallest absolute Gasteiger partial charge is 0.173 e. The summed E-state index contributed by atoms with van der Waals surface area (Å²) in [6.07, 6.45) is 0. The molecule has 2 heteroatoms. The van der Waals surface area contributed by atoms with Crippen molar-refractivity contribution in [2.75, 3.05) is 0 Å². The molecule has 1 aromatic heterocycles. The van der Waals surface area contributed by atoms with Gasteiger partial charge in [0.15, 0.2) is 5.78 Å². The van der Waals surface area contributed by atoms with E-state index in [0.717, 1.165) is 11.1 Å². The minimum absolute atomic E-state index is 0.250. The number of Topliss-reactive ketones (excluding diaryl/α,β-unsaturated/α-hetero) is 1. The SMILES string of the molecule is Cc1csc(C2=C(c3ccccc3)C(=O)C2(C)C)c1. The Morgan fingerprint density at radius 3 is 2.37 bits per heavy atom. The molecule has 0 saturated carbocycles. The van der Waals surface area contributed by atoms with Gasteiger partial charge in [-0.25, -0.2) is 0 Å². The molecule has 1 nitrogen and oxygen atoms in total. The Balaban J connectivity index is 2.21. The molecule has 0 saturated heterocycles. The van der Waals surface area contributed by atoms with E-state index in [1.54, 1.807) is 11.3 Å². The molecule has 1 aliphatic rings. The second-order valence-corrected chi connectivity index (χ2v) is 6.47. The molecule has 0 atom stereocenters. The van der Waals surface area contributed by atoms with Gasteiger partial charge in [-0.1, -0.05) is 30.3 Å². The van der Waals surface area contributed by atoms with Gasteiger partial charge in [-0.3, -0.25) is 4.79 Å². The van der Waals surface area contributed by atoms with Crippen molar-refractivity contribution in [3.8, 4) is 0 Å². The van der Waals surface area contributed by atoms with Crippen LogP contribution in [0.2, 0.25) is 0 Å². The number of rotatable bonds is 2. The Hall–Kier alpha value is -1.67. The molecular weight excluding hydrogens is 252 g/mol. The Morgan fingerprint density at radius 1 is 1.11 bits per heavy atom. The van der Waals surface area contributed by atoms with Crippen LogP contribution in [0.1, 0.15) is 29.9 Å². The standard InChI is InChI=1S/C17H16OS/c1-11-9-13(19-10-11)15-14(16(18)17(15,2)3)12-7-5-4-6-8-12/h4-10H,1-3H3. The summed E-state index contributed by atoms with van der Waals surface area (Å²) in [6.45, 7) is 6.13. The van der Waals surface area contributed by atoms with Gasteiger partial charge in [0.05, 0.1) is 5.41 Å². The van der Waals surface area contributed by atoms with Gasteiger partial charge >= 0.3 is 0 Å². The Kier molecular flexibility index (Phi) is 2.72. The summed E-state index contributed by atoms with van der Waals surface area (Å²) < 4.78 is 0. The van der Waals surface area contributed by atoms with Gasteiger partial charge in [0, 0.05) is 10.5 Å². The molecule has 0 spiro atoms. The predicted octanol–water partition coefficient (Wildman–Crippen LogP) is 4.58. The summed E-state index contributed by atoms with van der Waals surface area (Å²) in [6, 6.07) is 12.2. The first-order valence-corrected chi connectivity index (χ1v) is 7.30. The van der Waals surface area contributed by atoms with Gasteiger partial charge in [-0.2, -0.15) is 0 Å². The first kappa shape index (κ1) is 12.4. The summed E-state index contributed by atoms with van der Waals surface area (Å²) in [5.74, 6) is 0.250. The zero-order valence-corrected chi connectivity index (χ0v) is 12.2. The van der Waals surface area contributed by atoms with E-state index in [2.05, 4.69) is 18.4 Å². The number of carbonyl (C=O) groups is 1. The lowest BCUT2D eigenvalue weighted by molar-refractivity contribution is -0.120. The van der Waals surface area contributed by atoms with Crippen molar-refractivity contribution in [2.24, 2.45) is 5.41 Å². The monoisotopic (exact) mass is 268 g/mol. The molecule has 1 heterocycles. The molecule has 2 aromatic rings. The fourth-order valence-corrected chi connectivity index (χ4v) is 3.77. The Morgan fingerprint density at radius 2 is 1.79 bits per heavy atom. The second kappa shape index (κ2) is 4.17. The lowest BCUT2D eigenvalue weighted by Crippen LogP contribution is -2.37. The fourth-order valence-electron chi connectivity index (χ4n) is 2.66. The van der Waals surface area contributed by atoms with Gasteiger partial charge in [0.2, 0.25) is 0 Å². The quantitative estimate of drug-likeness (QED) is 0.779. The number of allylic oxidation sites excluding steroid dienone is 2. The number of benzene rings is 1. The van der Waals surface area contributed by atoms with Crippen LogP contribution in [0.15, 0.2) is 41.8 Å². The van der Waals surface area contributed by atoms with Gasteiger partial charge in [0.25, 0.3) is 0 Å². The first-order chi connectivity index (χ1) is 9.01. The summed E-state index contributed by atoms with van der Waals surface area (Å²) in [5, 5.41) is 2.14. The van der Waals surface area contributed by atoms with E-state index in [0.29, 0.717) is 0 Å². The minimum atomic E-state index is -0.359. The number of thiophene rings is 1. The molecule has 0 amide bonds. The molecule has 19 heavy (non-hydrogen) atoms. The van der Waals surface area contributed by atoms with Crippen molar-refractivity contribution in [3.05, 3.63) is 57.8 Å². The van der Waals surface area contributed by atoms with Gasteiger partial charge in [0.1, 0.15) is 0 Å². The number of aryl methyl sites for hydroxylation is 1. The Bertz CT molecular complexity index is 674. The third-order valence-corrected chi connectivity index (χ3v) is 4.77. The van der Waals surface area contributed by atoms with E-state index in [1.165, 1.54) is 16.0 Å².